The number of carbonyl (C=O) groups excluding carboxylic acids is 4. The van der Waals surface area contributed by atoms with Crippen molar-refractivity contribution in [3.05, 3.63) is 64.9 Å². The number of ether oxygens (including phenoxy) is 4. The number of alkyl halides is 2. The highest BCUT2D eigenvalue weighted by Crippen LogP contribution is 2.68. The van der Waals surface area contributed by atoms with E-state index in [-0.39, 0.29) is 25.4 Å². The average molecular weight is 917 g/mol. The second-order valence-electron chi connectivity index (χ2n) is 19.9. The zero-order chi connectivity index (χ0) is 47.5. The lowest BCUT2D eigenvalue weighted by Gasteiger charge is -2.63. The number of benzene rings is 2. The van der Waals surface area contributed by atoms with E-state index in [4.69, 9.17) is 18.9 Å². The molecule has 356 valence electrons. The predicted octanol–water partition coefficient (Wildman–Crippen LogP) is 5.21. The summed E-state index contributed by atoms with van der Waals surface area (Å²) in [7, 11) is 9.15. The first kappa shape index (κ1) is 45.9. The Morgan fingerprint density at radius 1 is 1.02 bits per heavy atom. The maximum Gasteiger partial charge on any atom is 0.344 e. The molecule has 1 unspecified atom stereocenters. The number of piperidine rings is 1. The Morgan fingerprint density at radius 3 is 2.41 bits per heavy atom. The van der Waals surface area contributed by atoms with Gasteiger partial charge in [-0.3, -0.25) is 14.5 Å². The Hall–Kier alpha value is -5.26. The first-order valence-corrected chi connectivity index (χ1v) is 22.9. The fraction of sp³-hybridized carbons (Fsp3) is 0.592. The van der Waals surface area contributed by atoms with Gasteiger partial charge in [0.15, 0.2) is 6.10 Å². The van der Waals surface area contributed by atoms with Gasteiger partial charge in [-0.1, -0.05) is 19.1 Å². The summed E-state index contributed by atoms with van der Waals surface area (Å²) in [4.78, 5) is 67.3. The number of halogens is 2. The zero-order valence-corrected chi connectivity index (χ0v) is 39.3. The summed E-state index contributed by atoms with van der Waals surface area (Å²) in [6.07, 6.45) is 4.14. The molecule has 0 radical (unpaired) electrons. The van der Waals surface area contributed by atoms with E-state index in [1.807, 2.05) is 48.2 Å². The molecule has 5 aliphatic heterocycles. The van der Waals surface area contributed by atoms with Crippen LogP contribution in [-0.4, -0.2) is 154 Å². The van der Waals surface area contributed by atoms with Crippen molar-refractivity contribution in [2.75, 3.05) is 85.4 Å². The van der Waals surface area contributed by atoms with Crippen LogP contribution in [-0.2, 0) is 45.8 Å². The van der Waals surface area contributed by atoms with E-state index in [9.17, 15) is 19.5 Å². The van der Waals surface area contributed by atoms with E-state index < -0.39 is 75.7 Å². The summed E-state index contributed by atoms with van der Waals surface area (Å²) in [5.41, 5.74) is -1.78. The minimum Gasteiger partial charge on any atom is -0.496 e. The number of esters is 3. The normalized spacial score (nSPS) is 33.3. The van der Waals surface area contributed by atoms with Gasteiger partial charge in [0.2, 0.25) is 11.5 Å². The van der Waals surface area contributed by atoms with Gasteiger partial charge in [-0.2, -0.15) is 0 Å². The topological polar surface area (TPSA) is 166 Å². The van der Waals surface area contributed by atoms with Crippen molar-refractivity contribution in [2.24, 2.45) is 17.3 Å². The van der Waals surface area contributed by atoms with Crippen LogP contribution in [0, 0.1) is 17.3 Å². The fourth-order valence-corrected chi connectivity index (χ4v) is 13.8. The summed E-state index contributed by atoms with van der Waals surface area (Å²) in [5, 5.41) is 17.1. The van der Waals surface area contributed by atoms with E-state index in [0.29, 0.717) is 79.3 Å². The van der Waals surface area contributed by atoms with Gasteiger partial charge in [0.05, 0.1) is 27.4 Å². The van der Waals surface area contributed by atoms with E-state index >= 15 is 13.6 Å². The molecule has 3 N–H and O–H groups in total. The number of aliphatic hydroxyl groups is 1. The maximum absolute atomic E-state index is 15.5. The van der Waals surface area contributed by atoms with Crippen LogP contribution in [0.25, 0.3) is 10.9 Å². The predicted molar refractivity (Wildman–Crippen MR) is 242 cm³/mol. The van der Waals surface area contributed by atoms with Crippen molar-refractivity contribution >= 4 is 46.2 Å². The zero-order valence-electron chi connectivity index (χ0n) is 39.3. The molecule has 17 heteroatoms. The lowest BCUT2D eigenvalue weighted by molar-refractivity contribution is -0.228. The van der Waals surface area contributed by atoms with Crippen LogP contribution < -0.4 is 15.0 Å². The number of amides is 2. The van der Waals surface area contributed by atoms with Crippen LogP contribution in [0.15, 0.2) is 42.5 Å². The number of hydrogen-bond acceptors (Lipinski definition) is 12. The average Bonchev–Trinajstić information content (AvgIpc) is 3.94. The SMILES string of the molecule is CC[C@]12C=CCN3CC[C@@]4(c5cc([C@@]6(C(=O)OC)C[C@H]7C[C@@H](C(C)(F)F)CN(CCc8c6[nH]c6ccc(NC(=O)N(C)C)cc86)C7)c(OC)cc5N(C)[C@H]4[C@@](O)(C(=O)OC)[C@@H]1OC(C)=O)[C@@H]32. The molecule has 66 heavy (non-hydrogen) atoms. The lowest BCUT2D eigenvalue weighted by atomic mass is 9.47. The number of carbonyl (C=O) groups is 4. The number of fused-ring (bicyclic) bond motifs is 6. The standard InChI is InChI=1S/C49H62F2N6O9/c1-10-46-15-11-17-57-19-16-47(39(46)57)33-22-34(37(63-7)23-36(33)55(6)40(47)49(62,43(60)65-9)41(46)66-27(2)58)48(42(59)64-8)24-28-20-29(45(3,50)51)26-56(25-28)18-14-31-32-21-30(52-44(61)54(4)5)12-13-35(32)53-38(31)48/h11-13,15,21-23,28-29,39-41,53,62H,10,14,16-20,24-26H2,1-9H3,(H,52,61)/t28-,29-,39+,40-,41-,46-,47-,48+,49+/m1/s1. The molecule has 9 rings (SSSR count). The molecule has 2 bridgehead atoms. The van der Waals surface area contributed by atoms with E-state index in [1.165, 1.54) is 33.2 Å². The smallest absolute Gasteiger partial charge is 0.344 e. The number of nitrogens with zero attached hydrogens (tertiary/aromatic N) is 4. The molecule has 10 atom stereocenters. The Kier molecular flexibility index (Phi) is 11.1. The third-order valence-electron chi connectivity index (χ3n) is 16.3. The molecule has 3 fully saturated rings. The summed E-state index contributed by atoms with van der Waals surface area (Å²) in [6, 6.07) is 7.60. The van der Waals surface area contributed by atoms with Crippen LogP contribution in [0.3, 0.4) is 0 Å². The van der Waals surface area contributed by atoms with Gasteiger partial charge in [-0.15, -0.1) is 0 Å². The van der Waals surface area contributed by atoms with Crippen molar-refractivity contribution in [1.82, 2.24) is 19.7 Å². The number of rotatable bonds is 8. The molecule has 3 aromatic rings. The van der Waals surface area contributed by atoms with E-state index in [1.54, 1.807) is 27.2 Å². The van der Waals surface area contributed by atoms with Gasteiger partial charge in [-0.25, -0.2) is 18.4 Å². The highest BCUT2D eigenvalue weighted by molar-refractivity contribution is 5.97. The molecule has 2 aromatic carbocycles. The molecule has 1 saturated carbocycles. The third kappa shape index (κ3) is 6.34. The van der Waals surface area contributed by atoms with Crippen molar-refractivity contribution in [3.63, 3.8) is 0 Å². The van der Waals surface area contributed by atoms with E-state index in [0.717, 1.165) is 23.4 Å². The first-order chi connectivity index (χ1) is 31.3. The van der Waals surface area contributed by atoms with Crippen LogP contribution >= 0.6 is 0 Å². The van der Waals surface area contributed by atoms with Crippen LogP contribution in [0.1, 0.15) is 68.8 Å². The minimum absolute atomic E-state index is 0.0754. The molecular formula is C49H62F2N6O9. The van der Waals surface area contributed by atoms with Crippen LogP contribution in [0.5, 0.6) is 5.75 Å². The molecule has 2 amide bonds. The van der Waals surface area contributed by atoms with Gasteiger partial charge < -0.3 is 49.1 Å². The lowest BCUT2D eigenvalue weighted by Crippen LogP contribution is -2.81. The van der Waals surface area contributed by atoms with Crippen molar-refractivity contribution in [2.45, 2.75) is 93.4 Å². The second kappa shape index (κ2) is 15.9. The largest absolute Gasteiger partial charge is 0.496 e. The number of anilines is 2. The minimum atomic E-state index is -2.99. The number of aromatic nitrogens is 1. The molecule has 6 aliphatic rings. The summed E-state index contributed by atoms with van der Waals surface area (Å²) < 4.78 is 54.9. The quantitative estimate of drug-likeness (QED) is 0.154. The number of hydrogen-bond donors (Lipinski definition) is 3. The Morgan fingerprint density at radius 2 is 1.76 bits per heavy atom. The molecule has 15 nitrogen and oxygen atoms in total. The first-order valence-electron chi connectivity index (χ1n) is 22.9. The molecule has 2 saturated heterocycles. The van der Waals surface area contributed by atoms with Crippen molar-refractivity contribution in [3.8, 4) is 5.75 Å². The molecule has 1 aliphatic carbocycles. The van der Waals surface area contributed by atoms with Gasteiger partial charge in [0, 0.05) is 117 Å². The van der Waals surface area contributed by atoms with E-state index in [2.05, 4.69) is 20.1 Å². The summed E-state index contributed by atoms with van der Waals surface area (Å²) in [5.74, 6) is -6.27. The van der Waals surface area contributed by atoms with Crippen molar-refractivity contribution in [1.29, 1.82) is 0 Å². The highest BCUT2D eigenvalue weighted by atomic mass is 19.3. The number of methoxy groups -OCH3 is 3. The highest BCUT2D eigenvalue weighted by Gasteiger charge is 2.80. The molecule has 1 aromatic heterocycles. The fourth-order valence-electron chi connectivity index (χ4n) is 13.8. The number of urea groups is 1. The molecule has 6 heterocycles. The molecular weight excluding hydrogens is 855 g/mol. The summed E-state index contributed by atoms with van der Waals surface area (Å²) in [6.45, 7) is 6.45. The third-order valence-corrected chi connectivity index (χ3v) is 16.3. The Bertz CT molecular complexity index is 2520. The number of likely N-dealkylation sites (N-methyl/N-ethyl adjacent to an activating group) is 1. The number of H-pyrrole nitrogens is 1. The Balaban J connectivity index is 1.35. The van der Waals surface area contributed by atoms with Crippen LogP contribution in [0.4, 0.5) is 25.0 Å². The van der Waals surface area contributed by atoms with Gasteiger partial charge >= 0.3 is 23.9 Å². The van der Waals surface area contributed by atoms with Crippen LogP contribution in [0.2, 0.25) is 0 Å². The number of nitrogens with one attached hydrogen (secondary N) is 2. The Labute approximate surface area is 383 Å². The monoisotopic (exact) mass is 916 g/mol. The molecule has 1 spiro atoms. The second-order valence-corrected chi connectivity index (χ2v) is 19.9. The van der Waals surface area contributed by atoms with Gasteiger partial charge in [0.25, 0.3) is 0 Å². The van der Waals surface area contributed by atoms with Gasteiger partial charge in [0.1, 0.15) is 11.2 Å². The van der Waals surface area contributed by atoms with Gasteiger partial charge in [-0.05, 0) is 86.9 Å². The summed E-state index contributed by atoms with van der Waals surface area (Å²) >= 11 is 0. The maximum atomic E-state index is 15.5. The van der Waals surface area contributed by atoms with Crippen molar-refractivity contribution < 1.29 is 52.0 Å². The number of aromatic amines is 1.